The highest BCUT2D eigenvalue weighted by Gasteiger charge is 2.01. The molecular formula is C14H13P. The van der Waals surface area contributed by atoms with Crippen LogP contribution in [0.3, 0.4) is 0 Å². The Morgan fingerprint density at radius 2 is 1.13 bits per heavy atom. The predicted molar refractivity (Wildman–Crippen MR) is 69.7 cm³/mol. The minimum absolute atomic E-state index is 1.25. The SMILES string of the molecule is PC=C(c1ccccc1)c1ccccc1. The number of benzene rings is 2. The fraction of sp³-hybridized carbons (Fsp3) is 0. The molecule has 0 N–H and O–H groups in total. The lowest BCUT2D eigenvalue weighted by molar-refractivity contribution is 1.55. The molecule has 0 heterocycles. The standard InChI is InChI=1S/C14H13P/c15-11-14(12-7-3-1-4-8-12)13-9-5-2-6-10-13/h1-11H,15H2. The van der Waals surface area contributed by atoms with Gasteiger partial charge < -0.3 is 0 Å². The van der Waals surface area contributed by atoms with E-state index < -0.39 is 0 Å². The zero-order valence-electron chi connectivity index (χ0n) is 8.43. The van der Waals surface area contributed by atoms with E-state index in [4.69, 9.17) is 0 Å². The van der Waals surface area contributed by atoms with Crippen LogP contribution in [0.25, 0.3) is 5.57 Å². The average molecular weight is 212 g/mol. The lowest BCUT2D eigenvalue weighted by atomic mass is 10.00. The molecule has 2 aromatic rings. The van der Waals surface area contributed by atoms with Crippen molar-refractivity contribution in [3.63, 3.8) is 0 Å². The van der Waals surface area contributed by atoms with E-state index in [0.717, 1.165) is 0 Å². The molecule has 2 aromatic carbocycles. The molecule has 74 valence electrons. The van der Waals surface area contributed by atoms with Crippen LogP contribution >= 0.6 is 9.24 Å². The fourth-order valence-electron chi connectivity index (χ4n) is 1.59. The van der Waals surface area contributed by atoms with Crippen LogP contribution in [0.15, 0.2) is 66.5 Å². The molecule has 0 saturated heterocycles. The third kappa shape index (κ3) is 2.34. The Bertz CT molecular complexity index is 402. The number of hydrogen-bond donors (Lipinski definition) is 0. The van der Waals surface area contributed by atoms with Crippen molar-refractivity contribution < 1.29 is 0 Å². The van der Waals surface area contributed by atoms with Gasteiger partial charge in [0.2, 0.25) is 0 Å². The van der Waals surface area contributed by atoms with Gasteiger partial charge in [0.05, 0.1) is 0 Å². The van der Waals surface area contributed by atoms with Gasteiger partial charge in [0.25, 0.3) is 0 Å². The van der Waals surface area contributed by atoms with Crippen LogP contribution in [-0.2, 0) is 0 Å². The molecule has 0 aliphatic heterocycles. The van der Waals surface area contributed by atoms with Crippen molar-refractivity contribution in [2.75, 3.05) is 0 Å². The molecule has 0 amide bonds. The van der Waals surface area contributed by atoms with Gasteiger partial charge in [0.1, 0.15) is 0 Å². The van der Waals surface area contributed by atoms with Crippen molar-refractivity contribution in [1.82, 2.24) is 0 Å². The molecule has 0 aromatic heterocycles. The first kappa shape index (κ1) is 10.1. The maximum Gasteiger partial charge on any atom is -0.0112 e. The molecule has 0 aliphatic carbocycles. The van der Waals surface area contributed by atoms with Gasteiger partial charge in [0.15, 0.2) is 0 Å². The Hall–Kier alpha value is -1.39. The summed E-state index contributed by atoms with van der Waals surface area (Å²) in [6.07, 6.45) is 0. The summed E-state index contributed by atoms with van der Waals surface area (Å²) in [5, 5.41) is 0. The Labute approximate surface area is 92.9 Å². The number of rotatable bonds is 2. The summed E-state index contributed by atoms with van der Waals surface area (Å²) in [5.41, 5.74) is 3.75. The molecule has 0 aliphatic rings. The summed E-state index contributed by atoms with van der Waals surface area (Å²) in [4.78, 5) is 0. The highest BCUT2D eigenvalue weighted by Crippen LogP contribution is 2.24. The summed E-state index contributed by atoms with van der Waals surface area (Å²) in [6, 6.07) is 20.8. The normalized spacial score (nSPS) is 9.67. The largest absolute Gasteiger partial charge is 0.113 e. The Morgan fingerprint density at radius 3 is 1.47 bits per heavy atom. The van der Waals surface area contributed by atoms with Crippen LogP contribution in [0, 0.1) is 0 Å². The molecule has 0 nitrogen and oxygen atoms in total. The molecule has 1 atom stereocenters. The lowest BCUT2D eigenvalue weighted by Crippen LogP contribution is -1.85. The Kier molecular flexibility index (Phi) is 3.32. The minimum Gasteiger partial charge on any atom is -0.113 e. The molecule has 2 rings (SSSR count). The molecule has 1 heteroatoms. The molecule has 1 unspecified atom stereocenters. The minimum atomic E-state index is 1.25. The van der Waals surface area contributed by atoms with Gasteiger partial charge in [-0.15, -0.1) is 9.24 Å². The second-order valence-corrected chi connectivity index (χ2v) is 3.65. The molecule has 0 bridgehead atoms. The third-order valence-electron chi connectivity index (χ3n) is 2.34. The maximum atomic E-state index is 2.68. The van der Waals surface area contributed by atoms with Crippen LogP contribution in [-0.4, -0.2) is 0 Å². The monoisotopic (exact) mass is 212 g/mol. The lowest BCUT2D eigenvalue weighted by Gasteiger charge is -2.06. The van der Waals surface area contributed by atoms with E-state index in [1.807, 2.05) is 12.1 Å². The summed E-state index contributed by atoms with van der Waals surface area (Å²) in [7, 11) is 2.68. The molecule has 0 fully saturated rings. The van der Waals surface area contributed by atoms with Crippen LogP contribution < -0.4 is 0 Å². The van der Waals surface area contributed by atoms with Crippen LogP contribution in [0.4, 0.5) is 0 Å². The van der Waals surface area contributed by atoms with E-state index in [1.165, 1.54) is 16.7 Å². The zero-order valence-corrected chi connectivity index (χ0v) is 9.58. The second kappa shape index (κ2) is 4.91. The van der Waals surface area contributed by atoms with Gasteiger partial charge in [0, 0.05) is 0 Å². The molecule has 15 heavy (non-hydrogen) atoms. The highest BCUT2D eigenvalue weighted by molar-refractivity contribution is 7.21. The quantitative estimate of drug-likeness (QED) is 0.661. The van der Waals surface area contributed by atoms with E-state index >= 15 is 0 Å². The predicted octanol–water partition coefficient (Wildman–Crippen LogP) is 3.95. The summed E-state index contributed by atoms with van der Waals surface area (Å²) in [6.45, 7) is 0. The van der Waals surface area contributed by atoms with Gasteiger partial charge >= 0.3 is 0 Å². The van der Waals surface area contributed by atoms with E-state index in [2.05, 4.69) is 63.6 Å². The van der Waals surface area contributed by atoms with Gasteiger partial charge in [-0.25, -0.2) is 0 Å². The summed E-state index contributed by atoms with van der Waals surface area (Å²) >= 11 is 0. The van der Waals surface area contributed by atoms with E-state index in [9.17, 15) is 0 Å². The van der Waals surface area contributed by atoms with Crippen LogP contribution in [0.2, 0.25) is 0 Å². The fourth-order valence-corrected chi connectivity index (χ4v) is 1.98. The first-order valence-corrected chi connectivity index (χ1v) is 5.61. The first-order valence-electron chi connectivity index (χ1n) is 4.94. The Morgan fingerprint density at radius 1 is 0.733 bits per heavy atom. The van der Waals surface area contributed by atoms with Crippen LogP contribution in [0.1, 0.15) is 11.1 Å². The van der Waals surface area contributed by atoms with Gasteiger partial charge in [-0.3, -0.25) is 0 Å². The first-order chi connectivity index (χ1) is 7.42. The van der Waals surface area contributed by atoms with E-state index in [1.54, 1.807) is 0 Å². The topological polar surface area (TPSA) is 0 Å². The van der Waals surface area contributed by atoms with Crippen molar-refractivity contribution >= 4 is 14.8 Å². The second-order valence-electron chi connectivity index (χ2n) is 3.31. The van der Waals surface area contributed by atoms with E-state index in [0.29, 0.717) is 0 Å². The molecule has 0 radical (unpaired) electrons. The Balaban J connectivity index is 2.44. The summed E-state index contributed by atoms with van der Waals surface area (Å²) in [5.74, 6) is 2.07. The third-order valence-corrected chi connectivity index (χ3v) is 2.67. The van der Waals surface area contributed by atoms with E-state index in [-0.39, 0.29) is 0 Å². The number of hydrogen-bond acceptors (Lipinski definition) is 0. The molecule has 0 spiro atoms. The van der Waals surface area contributed by atoms with Gasteiger partial charge in [-0.05, 0) is 16.7 Å². The smallest absolute Gasteiger partial charge is 0.0112 e. The van der Waals surface area contributed by atoms with Crippen molar-refractivity contribution in [3.8, 4) is 0 Å². The molecule has 0 saturated carbocycles. The van der Waals surface area contributed by atoms with Crippen molar-refractivity contribution in [1.29, 1.82) is 0 Å². The zero-order chi connectivity index (χ0) is 10.5. The maximum absolute atomic E-state index is 2.68. The van der Waals surface area contributed by atoms with Crippen molar-refractivity contribution in [3.05, 3.63) is 77.6 Å². The van der Waals surface area contributed by atoms with Crippen LogP contribution in [0.5, 0.6) is 0 Å². The highest BCUT2D eigenvalue weighted by atomic mass is 31.0. The van der Waals surface area contributed by atoms with Gasteiger partial charge in [-0.1, -0.05) is 66.5 Å². The summed E-state index contributed by atoms with van der Waals surface area (Å²) < 4.78 is 0. The molecular weight excluding hydrogens is 199 g/mol. The van der Waals surface area contributed by atoms with Gasteiger partial charge in [-0.2, -0.15) is 0 Å². The average Bonchev–Trinajstić information content (AvgIpc) is 2.33. The van der Waals surface area contributed by atoms with Crippen molar-refractivity contribution in [2.45, 2.75) is 0 Å². The van der Waals surface area contributed by atoms with Crippen molar-refractivity contribution in [2.24, 2.45) is 0 Å².